The van der Waals surface area contributed by atoms with E-state index in [1.165, 1.54) is 42.5 Å². The maximum absolute atomic E-state index is 13.1. The fourth-order valence-electron chi connectivity index (χ4n) is 3.08. The number of benzene rings is 2. The van der Waals surface area contributed by atoms with E-state index in [0.29, 0.717) is 24.5 Å². The van der Waals surface area contributed by atoms with Crippen molar-refractivity contribution in [3.63, 3.8) is 0 Å². The number of rotatable bonds is 12. The number of para-hydroxylation sites is 1. The highest BCUT2D eigenvalue weighted by Gasteiger charge is 2.30. The number of nitrogens with one attached hydrogen (secondary N) is 1. The molecule has 0 saturated heterocycles. The van der Waals surface area contributed by atoms with Gasteiger partial charge in [-0.1, -0.05) is 18.2 Å². The number of carbonyl (C=O) groups excluding carboxylic acids is 1. The lowest BCUT2D eigenvalue weighted by Gasteiger charge is -2.20. The summed E-state index contributed by atoms with van der Waals surface area (Å²) in [5, 5.41) is 11.5. The third-order valence-electron chi connectivity index (χ3n) is 4.55. The van der Waals surface area contributed by atoms with Gasteiger partial charge in [-0.3, -0.25) is 14.9 Å². The van der Waals surface area contributed by atoms with Gasteiger partial charge in [-0.05, 0) is 44.5 Å². The van der Waals surface area contributed by atoms with Crippen molar-refractivity contribution < 1.29 is 32.3 Å². The first kappa shape index (κ1) is 26.2. The molecule has 0 fully saturated rings. The molecule has 0 saturated carbocycles. The Bertz CT molecular complexity index is 1090. The van der Waals surface area contributed by atoms with Crippen molar-refractivity contribution in [1.82, 2.24) is 4.72 Å². The minimum absolute atomic E-state index is 0.0584. The molecule has 33 heavy (non-hydrogen) atoms. The van der Waals surface area contributed by atoms with E-state index in [9.17, 15) is 23.3 Å². The van der Waals surface area contributed by atoms with E-state index in [0.717, 1.165) is 0 Å². The van der Waals surface area contributed by atoms with Crippen molar-refractivity contribution in [3.8, 4) is 5.75 Å². The molecule has 0 bridgehead atoms. The molecule has 2 rings (SSSR count). The number of nitrogens with zero attached hydrogens (tertiary/aromatic N) is 1. The number of sulfonamides is 1. The van der Waals surface area contributed by atoms with Gasteiger partial charge in [-0.2, -0.15) is 0 Å². The molecule has 0 aliphatic heterocycles. The number of ether oxygens (including phenoxy) is 3. The van der Waals surface area contributed by atoms with Crippen LogP contribution in [0, 0.1) is 17.0 Å². The molecule has 0 spiro atoms. The fourth-order valence-corrected chi connectivity index (χ4v) is 4.38. The lowest BCUT2D eigenvalue weighted by Crippen LogP contribution is -2.31. The van der Waals surface area contributed by atoms with Gasteiger partial charge in [0.15, 0.2) is 0 Å². The quantitative estimate of drug-likeness (QED) is 0.212. The molecule has 1 atom stereocenters. The van der Waals surface area contributed by atoms with Crippen molar-refractivity contribution >= 4 is 21.7 Å². The second kappa shape index (κ2) is 11.7. The van der Waals surface area contributed by atoms with Crippen LogP contribution in [0.5, 0.6) is 5.75 Å². The lowest BCUT2D eigenvalue weighted by atomic mass is 10.0. The van der Waals surface area contributed by atoms with E-state index < -0.39 is 39.5 Å². The predicted molar refractivity (Wildman–Crippen MR) is 121 cm³/mol. The maximum Gasteiger partial charge on any atom is 0.308 e. The Balaban J connectivity index is 2.37. The van der Waals surface area contributed by atoms with E-state index in [2.05, 4.69) is 4.72 Å². The Morgan fingerprint density at radius 2 is 1.85 bits per heavy atom. The molecule has 0 aliphatic carbocycles. The number of nitro groups is 1. The van der Waals surface area contributed by atoms with Gasteiger partial charge < -0.3 is 14.2 Å². The van der Waals surface area contributed by atoms with Crippen LogP contribution in [0.25, 0.3) is 0 Å². The molecule has 0 radical (unpaired) electrons. The van der Waals surface area contributed by atoms with E-state index in [-0.39, 0.29) is 16.1 Å². The van der Waals surface area contributed by atoms with Gasteiger partial charge in [-0.25, -0.2) is 13.1 Å². The van der Waals surface area contributed by atoms with Crippen LogP contribution in [-0.2, 0) is 24.3 Å². The zero-order valence-corrected chi connectivity index (χ0v) is 19.8. The molecular formula is C22H28N2O8S. The van der Waals surface area contributed by atoms with Crippen molar-refractivity contribution in [3.05, 3.63) is 63.7 Å². The maximum atomic E-state index is 13.1. The number of esters is 1. The molecule has 10 nitrogen and oxygen atoms in total. The zero-order chi connectivity index (χ0) is 24.6. The lowest BCUT2D eigenvalue weighted by molar-refractivity contribution is -0.385. The number of methoxy groups -OCH3 is 1. The average Bonchev–Trinajstić information content (AvgIpc) is 2.73. The summed E-state index contributed by atoms with van der Waals surface area (Å²) < 4.78 is 44.3. The molecule has 11 heteroatoms. The number of aryl methyl sites for hydroxylation is 1. The largest absolute Gasteiger partial charge is 0.491 e. The summed E-state index contributed by atoms with van der Waals surface area (Å²) in [6.07, 6.45) is -0.840. The first-order valence-corrected chi connectivity index (χ1v) is 11.7. The van der Waals surface area contributed by atoms with Crippen LogP contribution in [0.1, 0.15) is 37.4 Å². The predicted octanol–water partition coefficient (Wildman–Crippen LogP) is 3.29. The molecule has 180 valence electrons. The first-order valence-electron chi connectivity index (χ1n) is 10.2. The molecule has 1 N–H and O–H groups in total. The topological polar surface area (TPSA) is 134 Å². The smallest absolute Gasteiger partial charge is 0.308 e. The molecule has 2 aromatic rings. The van der Waals surface area contributed by atoms with Gasteiger partial charge in [0.05, 0.1) is 35.0 Å². The van der Waals surface area contributed by atoms with Crippen molar-refractivity contribution in [2.75, 3.05) is 20.3 Å². The average molecular weight is 481 g/mol. The number of nitro benzene ring substituents is 1. The van der Waals surface area contributed by atoms with Gasteiger partial charge in [0, 0.05) is 18.7 Å². The summed E-state index contributed by atoms with van der Waals surface area (Å²) in [4.78, 5) is 23.1. The Kier molecular flexibility index (Phi) is 9.32. The van der Waals surface area contributed by atoms with Crippen LogP contribution in [0.3, 0.4) is 0 Å². The van der Waals surface area contributed by atoms with Crippen LogP contribution >= 0.6 is 0 Å². The highest BCUT2D eigenvalue weighted by Crippen LogP contribution is 2.30. The van der Waals surface area contributed by atoms with Crippen molar-refractivity contribution in [2.45, 2.75) is 44.2 Å². The summed E-state index contributed by atoms with van der Waals surface area (Å²) in [6, 6.07) is 8.76. The third-order valence-corrected chi connectivity index (χ3v) is 6.02. The first-order chi connectivity index (χ1) is 15.5. The van der Waals surface area contributed by atoms with Gasteiger partial charge in [0.2, 0.25) is 10.0 Å². The van der Waals surface area contributed by atoms with Crippen molar-refractivity contribution in [1.29, 1.82) is 0 Å². The van der Waals surface area contributed by atoms with Gasteiger partial charge >= 0.3 is 5.97 Å². The van der Waals surface area contributed by atoms with Crippen LogP contribution in [0.15, 0.2) is 47.4 Å². The normalized spacial score (nSPS) is 12.4. The third kappa shape index (κ3) is 7.52. The molecule has 0 amide bonds. The summed E-state index contributed by atoms with van der Waals surface area (Å²) in [5.74, 6) is -0.185. The van der Waals surface area contributed by atoms with Crippen molar-refractivity contribution in [2.24, 2.45) is 0 Å². The van der Waals surface area contributed by atoms with Gasteiger partial charge in [-0.15, -0.1) is 0 Å². The van der Waals surface area contributed by atoms with Gasteiger partial charge in [0.25, 0.3) is 5.69 Å². The summed E-state index contributed by atoms with van der Waals surface area (Å²) in [5.41, 5.74) is 0.332. The van der Waals surface area contributed by atoms with Crippen LogP contribution in [0.2, 0.25) is 0 Å². The van der Waals surface area contributed by atoms with Gasteiger partial charge in [0.1, 0.15) is 12.4 Å². The summed E-state index contributed by atoms with van der Waals surface area (Å²) in [7, 11) is -2.61. The molecular weight excluding hydrogens is 452 g/mol. The number of carbonyl (C=O) groups is 1. The molecule has 0 aliphatic rings. The monoisotopic (exact) mass is 480 g/mol. The van der Waals surface area contributed by atoms with E-state index >= 15 is 0 Å². The molecule has 1 unspecified atom stereocenters. The Morgan fingerprint density at radius 3 is 2.45 bits per heavy atom. The Labute approximate surface area is 193 Å². The molecule has 2 aromatic carbocycles. The number of hydrogen-bond donors (Lipinski definition) is 1. The fraction of sp³-hybridized carbons (Fsp3) is 0.409. The van der Waals surface area contributed by atoms with Crippen LogP contribution < -0.4 is 9.46 Å². The minimum atomic E-state index is -4.15. The molecule has 0 heterocycles. The van der Waals surface area contributed by atoms with Crippen LogP contribution in [-0.4, -0.2) is 45.7 Å². The number of hydrogen-bond acceptors (Lipinski definition) is 8. The standard InChI is InChI=1S/C22H28N2O8S/c1-15(2)32-22(25)14-19(18-7-5-6-8-20(18)24(26)27)23-33(28,29)17-9-10-21(16(3)13-17)31-12-11-30-4/h5-10,13,15,19,23H,11-12,14H2,1-4H3. The SMILES string of the molecule is COCCOc1ccc(S(=O)(=O)NC(CC(=O)OC(C)C)c2ccccc2[N+](=O)[O-])cc1C. The minimum Gasteiger partial charge on any atom is -0.491 e. The second-order valence-electron chi connectivity index (χ2n) is 7.50. The van der Waals surface area contributed by atoms with E-state index in [1.807, 2.05) is 0 Å². The Hall–Kier alpha value is -3.02. The zero-order valence-electron chi connectivity index (χ0n) is 18.9. The highest BCUT2D eigenvalue weighted by atomic mass is 32.2. The summed E-state index contributed by atoms with van der Waals surface area (Å²) in [6.45, 7) is 5.69. The summed E-state index contributed by atoms with van der Waals surface area (Å²) >= 11 is 0. The van der Waals surface area contributed by atoms with Crippen LogP contribution in [0.4, 0.5) is 5.69 Å². The molecule has 0 aromatic heterocycles. The van der Waals surface area contributed by atoms with E-state index in [4.69, 9.17) is 14.2 Å². The Morgan fingerprint density at radius 1 is 1.15 bits per heavy atom. The van der Waals surface area contributed by atoms with E-state index in [1.54, 1.807) is 27.9 Å². The second-order valence-corrected chi connectivity index (χ2v) is 9.22. The highest BCUT2D eigenvalue weighted by molar-refractivity contribution is 7.89.